The van der Waals surface area contributed by atoms with Crippen LogP contribution in [0.25, 0.3) is 0 Å². The summed E-state index contributed by atoms with van der Waals surface area (Å²) in [5.74, 6) is -0.399. The molecule has 96 valence electrons. The number of aryl methyl sites for hydroxylation is 1. The van der Waals surface area contributed by atoms with Gasteiger partial charge in [-0.25, -0.2) is 12.8 Å². The van der Waals surface area contributed by atoms with Gasteiger partial charge in [0.15, 0.2) is 0 Å². The summed E-state index contributed by atoms with van der Waals surface area (Å²) >= 11 is 0. The van der Waals surface area contributed by atoms with Crippen molar-refractivity contribution in [2.24, 2.45) is 0 Å². The highest BCUT2D eigenvalue weighted by Crippen LogP contribution is 2.15. The number of sulfonamides is 1. The van der Waals surface area contributed by atoms with Gasteiger partial charge >= 0.3 is 0 Å². The van der Waals surface area contributed by atoms with Gasteiger partial charge in [-0.15, -0.1) is 0 Å². The summed E-state index contributed by atoms with van der Waals surface area (Å²) in [6, 6.07) is 4.28. The van der Waals surface area contributed by atoms with E-state index in [0.717, 1.165) is 0 Å². The number of rotatable bonds is 6. The molecule has 0 saturated carbocycles. The second kappa shape index (κ2) is 5.97. The third-order valence-electron chi connectivity index (χ3n) is 2.29. The van der Waals surface area contributed by atoms with E-state index in [1.807, 2.05) is 0 Å². The second-order valence-electron chi connectivity index (χ2n) is 3.84. The minimum absolute atomic E-state index is 0.0172. The quantitative estimate of drug-likeness (QED) is 0.762. The van der Waals surface area contributed by atoms with Gasteiger partial charge in [0.2, 0.25) is 10.0 Å². The van der Waals surface area contributed by atoms with Crippen LogP contribution in [0.2, 0.25) is 0 Å². The molecule has 0 heterocycles. The molecule has 4 nitrogen and oxygen atoms in total. The zero-order valence-electron chi connectivity index (χ0n) is 9.96. The number of anilines is 1. The molecule has 0 aromatic heterocycles. The molecule has 2 N–H and O–H groups in total. The zero-order chi connectivity index (χ0) is 12.9. The summed E-state index contributed by atoms with van der Waals surface area (Å²) in [5, 5.41) is 2.87. The van der Waals surface area contributed by atoms with Gasteiger partial charge in [-0.05, 0) is 44.6 Å². The first-order valence-electron chi connectivity index (χ1n) is 5.36. The highest BCUT2D eigenvalue weighted by atomic mass is 32.2. The molecule has 0 bridgehead atoms. The van der Waals surface area contributed by atoms with Crippen molar-refractivity contribution >= 4 is 15.7 Å². The van der Waals surface area contributed by atoms with E-state index in [1.165, 1.54) is 6.07 Å². The van der Waals surface area contributed by atoms with E-state index in [9.17, 15) is 12.8 Å². The Kier molecular flexibility index (Phi) is 4.89. The van der Waals surface area contributed by atoms with Gasteiger partial charge < -0.3 is 5.32 Å². The van der Waals surface area contributed by atoms with E-state index in [1.54, 1.807) is 26.1 Å². The molecule has 1 aromatic rings. The first-order chi connectivity index (χ1) is 7.94. The third-order valence-corrected chi connectivity index (χ3v) is 3.66. The smallest absolute Gasteiger partial charge is 0.232 e. The maximum absolute atomic E-state index is 13.2. The topological polar surface area (TPSA) is 58.2 Å². The Morgan fingerprint density at radius 3 is 2.65 bits per heavy atom. The van der Waals surface area contributed by atoms with Crippen molar-refractivity contribution in [3.8, 4) is 0 Å². The van der Waals surface area contributed by atoms with Crippen molar-refractivity contribution in [2.75, 3.05) is 24.1 Å². The van der Waals surface area contributed by atoms with Crippen molar-refractivity contribution in [1.29, 1.82) is 0 Å². The van der Waals surface area contributed by atoms with Gasteiger partial charge in [0.1, 0.15) is 5.82 Å². The fourth-order valence-electron chi connectivity index (χ4n) is 1.33. The maximum Gasteiger partial charge on any atom is 0.232 e. The molecule has 0 aliphatic carbocycles. The summed E-state index contributed by atoms with van der Waals surface area (Å²) in [6.45, 7) is 2.25. The molecular formula is C11H17FN2O2S. The Bertz CT molecular complexity index is 474. The first-order valence-corrected chi connectivity index (χ1v) is 7.01. The number of nitrogens with one attached hydrogen (secondary N) is 2. The molecule has 1 rings (SSSR count). The van der Waals surface area contributed by atoms with E-state index in [0.29, 0.717) is 18.5 Å². The monoisotopic (exact) mass is 260 g/mol. The number of hydrogen-bond donors (Lipinski definition) is 2. The molecular weight excluding hydrogens is 243 g/mol. The van der Waals surface area contributed by atoms with Crippen LogP contribution in [0.1, 0.15) is 12.0 Å². The van der Waals surface area contributed by atoms with Gasteiger partial charge in [-0.2, -0.15) is 0 Å². The standard InChI is InChI=1S/C11H17FN2O2S/c1-9-4-5-10(8-11(9)12)14-17(15,16)7-3-6-13-2/h4-5,8,13-14H,3,6-7H2,1-2H3. The molecule has 0 spiro atoms. The predicted octanol–water partition coefficient (Wildman–Crippen LogP) is 1.49. The van der Waals surface area contributed by atoms with Crippen LogP contribution in [-0.2, 0) is 10.0 Å². The average molecular weight is 260 g/mol. The summed E-state index contributed by atoms with van der Waals surface area (Å²) in [4.78, 5) is 0. The SMILES string of the molecule is CNCCCS(=O)(=O)Nc1ccc(C)c(F)c1. The van der Waals surface area contributed by atoms with Crippen LogP contribution in [-0.4, -0.2) is 27.8 Å². The number of hydrogen-bond acceptors (Lipinski definition) is 3. The lowest BCUT2D eigenvalue weighted by Crippen LogP contribution is -2.20. The van der Waals surface area contributed by atoms with Crippen molar-refractivity contribution in [3.05, 3.63) is 29.6 Å². The molecule has 1 aromatic carbocycles. The lowest BCUT2D eigenvalue weighted by Gasteiger charge is -2.08. The van der Waals surface area contributed by atoms with Crippen LogP contribution in [0, 0.1) is 12.7 Å². The van der Waals surface area contributed by atoms with E-state index >= 15 is 0 Å². The Morgan fingerprint density at radius 2 is 2.06 bits per heavy atom. The normalized spacial score (nSPS) is 11.5. The molecule has 0 saturated heterocycles. The lowest BCUT2D eigenvalue weighted by atomic mass is 10.2. The molecule has 0 amide bonds. The summed E-state index contributed by atoms with van der Waals surface area (Å²) in [7, 11) is -1.63. The number of halogens is 1. The van der Waals surface area contributed by atoms with Crippen molar-refractivity contribution < 1.29 is 12.8 Å². The Hall–Kier alpha value is -1.14. The van der Waals surface area contributed by atoms with Gasteiger partial charge in [0.05, 0.1) is 11.4 Å². The van der Waals surface area contributed by atoms with E-state index < -0.39 is 15.8 Å². The average Bonchev–Trinajstić information content (AvgIpc) is 2.23. The van der Waals surface area contributed by atoms with Crippen LogP contribution in [0.5, 0.6) is 0 Å². The molecule has 0 aliphatic heterocycles. The van der Waals surface area contributed by atoms with Crippen molar-refractivity contribution in [2.45, 2.75) is 13.3 Å². The largest absolute Gasteiger partial charge is 0.320 e. The van der Waals surface area contributed by atoms with Gasteiger partial charge in [0, 0.05) is 0 Å². The summed E-state index contributed by atoms with van der Waals surface area (Å²) in [6.07, 6.45) is 0.514. The van der Waals surface area contributed by atoms with E-state index in [4.69, 9.17) is 0 Å². The minimum Gasteiger partial charge on any atom is -0.320 e. The zero-order valence-corrected chi connectivity index (χ0v) is 10.8. The van der Waals surface area contributed by atoms with Gasteiger partial charge in [0.25, 0.3) is 0 Å². The van der Waals surface area contributed by atoms with Gasteiger partial charge in [-0.3, -0.25) is 4.72 Å². The van der Waals surface area contributed by atoms with Crippen LogP contribution in [0.4, 0.5) is 10.1 Å². The summed E-state index contributed by atoms with van der Waals surface area (Å²) in [5.41, 5.74) is 0.751. The molecule has 0 aliphatic rings. The minimum atomic E-state index is -3.39. The van der Waals surface area contributed by atoms with Crippen LogP contribution >= 0.6 is 0 Å². The highest BCUT2D eigenvalue weighted by molar-refractivity contribution is 7.92. The molecule has 17 heavy (non-hydrogen) atoms. The maximum atomic E-state index is 13.2. The van der Waals surface area contributed by atoms with E-state index in [2.05, 4.69) is 10.0 Å². The van der Waals surface area contributed by atoms with Crippen molar-refractivity contribution in [3.63, 3.8) is 0 Å². The Labute approximate surface area is 101 Å². The third kappa shape index (κ3) is 4.70. The van der Waals surface area contributed by atoms with Crippen LogP contribution in [0.3, 0.4) is 0 Å². The first kappa shape index (κ1) is 13.9. The number of benzene rings is 1. The molecule has 0 unspecified atom stereocenters. The molecule has 0 radical (unpaired) electrons. The predicted molar refractivity (Wildman–Crippen MR) is 67.1 cm³/mol. The van der Waals surface area contributed by atoms with E-state index in [-0.39, 0.29) is 11.4 Å². The molecule has 6 heteroatoms. The lowest BCUT2D eigenvalue weighted by molar-refractivity contribution is 0.596. The van der Waals surface area contributed by atoms with Gasteiger partial charge in [-0.1, -0.05) is 6.07 Å². The molecule has 0 fully saturated rings. The van der Waals surface area contributed by atoms with Crippen molar-refractivity contribution in [1.82, 2.24) is 5.32 Å². The second-order valence-corrected chi connectivity index (χ2v) is 5.68. The molecule has 0 atom stereocenters. The van der Waals surface area contributed by atoms with Crippen LogP contribution < -0.4 is 10.0 Å². The summed E-state index contributed by atoms with van der Waals surface area (Å²) < 4.78 is 38.8. The Balaban J connectivity index is 2.66. The fraction of sp³-hybridized carbons (Fsp3) is 0.455. The van der Waals surface area contributed by atoms with Crippen LogP contribution in [0.15, 0.2) is 18.2 Å². The Morgan fingerprint density at radius 1 is 1.35 bits per heavy atom. The highest BCUT2D eigenvalue weighted by Gasteiger charge is 2.10. The fourth-order valence-corrected chi connectivity index (χ4v) is 2.44.